The van der Waals surface area contributed by atoms with E-state index in [2.05, 4.69) is 10.2 Å². The van der Waals surface area contributed by atoms with Gasteiger partial charge in [0.2, 0.25) is 0 Å². The zero-order valence-electron chi connectivity index (χ0n) is 6.57. The van der Waals surface area contributed by atoms with Crippen molar-refractivity contribution in [3.05, 3.63) is 12.2 Å². The summed E-state index contributed by atoms with van der Waals surface area (Å²) in [6.07, 6.45) is 4.18. The van der Waals surface area contributed by atoms with Gasteiger partial charge >= 0.3 is 0 Å². The summed E-state index contributed by atoms with van der Waals surface area (Å²) in [4.78, 5) is 0. The van der Waals surface area contributed by atoms with Crippen molar-refractivity contribution in [2.45, 2.75) is 18.9 Å². The summed E-state index contributed by atoms with van der Waals surface area (Å²) in [5.74, 6) is 1.56. The van der Waals surface area contributed by atoms with E-state index in [0.717, 1.165) is 5.82 Å². The molecule has 60 valence electrons. The lowest BCUT2D eigenvalue weighted by molar-refractivity contribution is 0.568. The molecular formula is C7H12N4. The normalized spacial score (nSPS) is 20.2. The standard InChI is InChI=1S/C7H12N4/c1-11-4-9-10-7(11)6(8)5-2-3-5/h4-6H,2-3,8H2,1H3. The number of aryl methyl sites for hydroxylation is 1. The smallest absolute Gasteiger partial charge is 0.149 e. The maximum absolute atomic E-state index is 5.92. The van der Waals surface area contributed by atoms with Gasteiger partial charge in [-0.05, 0) is 18.8 Å². The van der Waals surface area contributed by atoms with Gasteiger partial charge in [0.15, 0.2) is 0 Å². The zero-order valence-corrected chi connectivity index (χ0v) is 6.57. The van der Waals surface area contributed by atoms with Gasteiger partial charge in [0.05, 0.1) is 6.04 Å². The third-order valence-corrected chi connectivity index (χ3v) is 2.17. The number of hydrogen-bond acceptors (Lipinski definition) is 3. The van der Waals surface area contributed by atoms with Gasteiger partial charge in [-0.1, -0.05) is 0 Å². The molecule has 0 radical (unpaired) electrons. The van der Waals surface area contributed by atoms with Crippen molar-refractivity contribution in [3.8, 4) is 0 Å². The molecule has 0 amide bonds. The molecule has 1 saturated carbocycles. The van der Waals surface area contributed by atoms with Gasteiger partial charge in [-0.25, -0.2) is 0 Å². The molecule has 1 atom stereocenters. The Morgan fingerprint density at radius 2 is 2.45 bits per heavy atom. The van der Waals surface area contributed by atoms with Crippen LogP contribution in [0.5, 0.6) is 0 Å². The predicted molar refractivity (Wildman–Crippen MR) is 40.7 cm³/mol. The first-order chi connectivity index (χ1) is 5.29. The Balaban J connectivity index is 2.20. The summed E-state index contributed by atoms with van der Waals surface area (Å²) in [7, 11) is 1.93. The van der Waals surface area contributed by atoms with Crippen molar-refractivity contribution < 1.29 is 0 Å². The van der Waals surface area contributed by atoms with Crippen molar-refractivity contribution in [3.63, 3.8) is 0 Å². The van der Waals surface area contributed by atoms with E-state index in [1.165, 1.54) is 12.8 Å². The van der Waals surface area contributed by atoms with E-state index in [9.17, 15) is 0 Å². The fraction of sp³-hybridized carbons (Fsp3) is 0.714. The van der Waals surface area contributed by atoms with Crippen molar-refractivity contribution in [2.75, 3.05) is 0 Å². The first-order valence-corrected chi connectivity index (χ1v) is 3.88. The number of hydrogen-bond donors (Lipinski definition) is 1. The molecule has 11 heavy (non-hydrogen) atoms. The quantitative estimate of drug-likeness (QED) is 0.659. The van der Waals surface area contributed by atoms with E-state index in [0.29, 0.717) is 5.92 Å². The van der Waals surface area contributed by atoms with E-state index >= 15 is 0 Å². The second-order valence-corrected chi connectivity index (χ2v) is 3.16. The Morgan fingerprint density at radius 3 is 2.91 bits per heavy atom. The fourth-order valence-electron chi connectivity index (χ4n) is 1.26. The van der Waals surface area contributed by atoms with Crippen molar-refractivity contribution in [2.24, 2.45) is 18.7 Å². The SMILES string of the molecule is Cn1cnnc1C(N)C1CC1. The molecule has 1 aliphatic rings. The van der Waals surface area contributed by atoms with Crippen LogP contribution in [0.25, 0.3) is 0 Å². The van der Waals surface area contributed by atoms with Crippen molar-refractivity contribution in [1.29, 1.82) is 0 Å². The first-order valence-electron chi connectivity index (χ1n) is 3.88. The van der Waals surface area contributed by atoms with Crippen LogP contribution in [-0.4, -0.2) is 14.8 Å². The summed E-state index contributed by atoms with van der Waals surface area (Å²) in [5, 5.41) is 7.75. The number of aromatic nitrogens is 3. The largest absolute Gasteiger partial charge is 0.321 e. The maximum Gasteiger partial charge on any atom is 0.149 e. The first kappa shape index (κ1) is 6.79. The number of nitrogens with zero attached hydrogens (tertiary/aromatic N) is 3. The Bertz CT molecular complexity index is 251. The highest BCUT2D eigenvalue weighted by Gasteiger charge is 2.31. The topological polar surface area (TPSA) is 56.7 Å². The number of nitrogens with two attached hydrogens (primary N) is 1. The van der Waals surface area contributed by atoms with Crippen LogP contribution in [0.1, 0.15) is 24.7 Å². The van der Waals surface area contributed by atoms with Gasteiger partial charge in [-0.3, -0.25) is 0 Å². The predicted octanol–water partition coefficient (Wildman–Crippen LogP) is 0.225. The molecule has 0 aromatic carbocycles. The van der Waals surface area contributed by atoms with Gasteiger partial charge in [0.1, 0.15) is 12.2 Å². The minimum atomic E-state index is 0.0995. The van der Waals surface area contributed by atoms with Gasteiger partial charge in [0, 0.05) is 7.05 Å². The van der Waals surface area contributed by atoms with Gasteiger partial charge in [-0.2, -0.15) is 0 Å². The molecule has 1 aliphatic carbocycles. The van der Waals surface area contributed by atoms with Gasteiger partial charge in [-0.15, -0.1) is 10.2 Å². The Hall–Kier alpha value is -0.900. The van der Waals surface area contributed by atoms with E-state index in [-0.39, 0.29) is 6.04 Å². The fourth-order valence-corrected chi connectivity index (χ4v) is 1.26. The third-order valence-electron chi connectivity index (χ3n) is 2.17. The van der Waals surface area contributed by atoms with Crippen LogP contribution in [-0.2, 0) is 7.05 Å². The van der Waals surface area contributed by atoms with Crippen LogP contribution in [0.4, 0.5) is 0 Å². The Labute approximate surface area is 65.4 Å². The Kier molecular flexibility index (Phi) is 1.42. The summed E-state index contributed by atoms with van der Waals surface area (Å²) >= 11 is 0. The summed E-state index contributed by atoms with van der Waals surface area (Å²) < 4.78 is 1.89. The lowest BCUT2D eigenvalue weighted by Gasteiger charge is -2.07. The Morgan fingerprint density at radius 1 is 1.73 bits per heavy atom. The maximum atomic E-state index is 5.92. The average molecular weight is 152 g/mol. The molecule has 4 heteroatoms. The molecule has 0 aliphatic heterocycles. The lowest BCUT2D eigenvalue weighted by atomic mass is 10.2. The second kappa shape index (κ2) is 2.30. The van der Waals surface area contributed by atoms with E-state index in [1.54, 1.807) is 6.33 Å². The molecule has 0 bridgehead atoms. The molecule has 1 aromatic heterocycles. The van der Waals surface area contributed by atoms with Crippen LogP contribution >= 0.6 is 0 Å². The summed E-state index contributed by atoms with van der Waals surface area (Å²) in [6.45, 7) is 0. The highest BCUT2D eigenvalue weighted by atomic mass is 15.3. The molecule has 4 nitrogen and oxygen atoms in total. The minimum absolute atomic E-state index is 0.0995. The van der Waals surface area contributed by atoms with Crippen molar-refractivity contribution >= 4 is 0 Å². The van der Waals surface area contributed by atoms with Gasteiger partial charge < -0.3 is 10.3 Å². The monoisotopic (exact) mass is 152 g/mol. The molecule has 2 rings (SSSR count). The molecule has 0 saturated heterocycles. The van der Waals surface area contributed by atoms with Crippen LogP contribution < -0.4 is 5.73 Å². The molecule has 1 heterocycles. The van der Waals surface area contributed by atoms with E-state index in [4.69, 9.17) is 5.73 Å². The van der Waals surface area contributed by atoms with Crippen LogP contribution in [0.3, 0.4) is 0 Å². The average Bonchev–Trinajstić information content (AvgIpc) is 2.74. The highest BCUT2D eigenvalue weighted by molar-refractivity contribution is 4.99. The molecular weight excluding hydrogens is 140 g/mol. The molecule has 2 N–H and O–H groups in total. The van der Waals surface area contributed by atoms with Crippen LogP contribution in [0.2, 0.25) is 0 Å². The molecule has 0 spiro atoms. The number of rotatable bonds is 2. The van der Waals surface area contributed by atoms with E-state index < -0.39 is 0 Å². The van der Waals surface area contributed by atoms with Gasteiger partial charge in [0.25, 0.3) is 0 Å². The lowest BCUT2D eigenvalue weighted by Crippen LogP contribution is -2.16. The molecule has 1 fully saturated rings. The van der Waals surface area contributed by atoms with Crippen molar-refractivity contribution in [1.82, 2.24) is 14.8 Å². The zero-order chi connectivity index (χ0) is 7.84. The summed E-state index contributed by atoms with van der Waals surface area (Å²) in [5.41, 5.74) is 5.92. The third kappa shape index (κ3) is 1.14. The molecule has 1 aromatic rings. The second-order valence-electron chi connectivity index (χ2n) is 3.16. The highest BCUT2D eigenvalue weighted by Crippen LogP contribution is 2.38. The van der Waals surface area contributed by atoms with E-state index in [1.807, 2.05) is 11.6 Å². The summed E-state index contributed by atoms with van der Waals surface area (Å²) in [6, 6.07) is 0.0995. The van der Waals surface area contributed by atoms with Crippen LogP contribution in [0, 0.1) is 5.92 Å². The molecule has 1 unspecified atom stereocenters. The minimum Gasteiger partial charge on any atom is -0.321 e. The van der Waals surface area contributed by atoms with Crippen LogP contribution in [0.15, 0.2) is 6.33 Å².